The van der Waals surface area contributed by atoms with Gasteiger partial charge in [0.15, 0.2) is 4.83 Å². The number of hydrogen-bond donors (Lipinski definition) is 0. The number of fused-ring (bicyclic) bond motifs is 3. The van der Waals surface area contributed by atoms with E-state index in [1.807, 2.05) is 18.2 Å². The Balaban J connectivity index is 1.38. The molecule has 0 saturated heterocycles. The van der Waals surface area contributed by atoms with Crippen molar-refractivity contribution >= 4 is 21.6 Å². The number of rotatable bonds is 6. The molecule has 1 aliphatic rings. The summed E-state index contributed by atoms with van der Waals surface area (Å²) >= 11 is 1.65. The molecule has 3 aromatic rings. The van der Waals surface area contributed by atoms with E-state index in [-0.39, 0.29) is 5.56 Å². The molecule has 0 bridgehead atoms. The van der Waals surface area contributed by atoms with E-state index in [2.05, 4.69) is 23.3 Å². The topological polar surface area (TPSA) is 57.0 Å². The summed E-state index contributed by atoms with van der Waals surface area (Å²) in [6, 6.07) is 8.05. The van der Waals surface area contributed by atoms with Gasteiger partial charge in [0, 0.05) is 11.4 Å². The van der Waals surface area contributed by atoms with E-state index in [1.165, 1.54) is 27.1 Å². The zero-order valence-corrected chi connectivity index (χ0v) is 15.8. The fraction of sp³-hybridized carbons (Fsp3) is 0.450. The van der Waals surface area contributed by atoms with Crippen molar-refractivity contribution in [2.75, 3.05) is 6.61 Å². The highest BCUT2D eigenvalue weighted by molar-refractivity contribution is 7.18. The number of thiophene rings is 1. The van der Waals surface area contributed by atoms with E-state index in [1.54, 1.807) is 11.3 Å². The van der Waals surface area contributed by atoms with Gasteiger partial charge < -0.3 is 4.74 Å². The number of ether oxygens (including phenoxy) is 1. The van der Waals surface area contributed by atoms with E-state index in [9.17, 15) is 4.79 Å². The van der Waals surface area contributed by atoms with Crippen molar-refractivity contribution in [2.45, 2.75) is 52.0 Å². The van der Waals surface area contributed by atoms with Crippen molar-refractivity contribution in [3.8, 4) is 5.75 Å². The van der Waals surface area contributed by atoms with Gasteiger partial charge in [-0.2, -0.15) is 0 Å². The normalized spacial score (nSPS) is 13.7. The van der Waals surface area contributed by atoms with Crippen LogP contribution in [0.25, 0.3) is 10.2 Å². The lowest BCUT2D eigenvalue weighted by Crippen LogP contribution is -2.25. The molecule has 5 nitrogen and oxygen atoms in total. The van der Waals surface area contributed by atoms with Crippen LogP contribution in [-0.4, -0.2) is 21.6 Å². The van der Waals surface area contributed by atoms with Crippen molar-refractivity contribution in [2.24, 2.45) is 0 Å². The molecule has 0 atom stereocenters. The summed E-state index contributed by atoms with van der Waals surface area (Å²) in [5.74, 6) is 0.897. The Hall–Kier alpha value is -2.21. The first kappa shape index (κ1) is 17.2. The van der Waals surface area contributed by atoms with Crippen LogP contribution in [0.1, 0.15) is 41.7 Å². The Bertz CT molecular complexity index is 977. The second-order valence-corrected chi connectivity index (χ2v) is 7.96. The van der Waals surface area contributed by atoms with E-state index in [0.29, 0.717) is 13.2 Å². The van der Waals surface area contributed by atoms with Crippen LogP contribution in [0.15, 0.2) is 29.1 Å². The van der Waals surface area contributed by atoms with Gasteiger partial charge in [0.1, 0.15) is 5.75 Å². The van der Waals surface area contributed by atoms with Gasteiger partial charge in [0.05, 0.1) is 12.0 Å². The third-order valence-corrected chi connectivity index (χ3v) is 6.04. The van der Waals surface area contributed by atoms with Crippen LogP contribution in [0, 0.1) is 6.92 Å². The van der Waals surface area contributed by atoms with E-state index < -0.39 is 0 Å². The van der Waals surface area contributed by atoms with E-state index in [0.717, 1.165) is 48.1 Å². The molecule has 0 radical (unpaired) electrons. The van der Waals surface area contributed by atoms with Gasteiger partial charge >= 0.3 is 0 Å². The molecule has 1 aromatic carbocycles. The monoisotopic (exact) mass is 369 g/mol. The molecular weight excluding hydrogens is 346 g/mol. The van der Waals surface area contributed by atoms with Gasteiger partial charge in [0.25, 0.3) is 5.56 Å². The predicted octanol–water partition coefficient (Wildman–Crippen LogP) is 3.90. The molecule has 2 heterocycles. The van der Waals surface area contributed by atoms with Gasteiger partial charge in [-0.25, -0.2) is 4.68 Å². The second-order valence-electron chi connectivity index (χ2n) is 6.88. The van der Waals surface area contributed by atoms with Crippen molar-refractivity contribution in [3.05, 3.63) is 50.6 Å². The molecule has 6 heteroatoms. The quantitative estimate of drug-likeness (QED) is 0.619. The Labute approximate surface area is 156 Å². The van der Waals surface area contributed by atoms with Crippen molar-refractivity contribution < 1.29 is 4.74 Å². The molecule has 26 heavy (non-hydrogen) atoms. The van der Waals surface area contributed by atoms with Gasteiger partial charge in [-0.1, -0.05) is 17.3 Å². The smallest absolute Gasteiger partial charge is 0.278 e. The zero-order valence-electron chi connectivity index (χ0n) is 15.0. The first-order valence-electron chi connectivity index (χ1n) is 9.30. The van der Waals surface area contributed by atoms with Crippen LogP contribution < -0.4 is 10.3 Å². The van der Waals surface area contributed by atoms with Crippen LogP contribution in [0.3, 0.4) is 0 Å². The van der Waals surface area contributed by atoms with Crippen molar-refractivity contribution in [1.29, 1.82) is 0 Å². The predicted molar refractivity (Wildman–Crippen MR) is 104 cm³/mol. The van der Waals surface area contributed by atoms with Crippen LogP contribution in [0.2, 0.25) is 0 Å². The molecule has 0 aliphatic heterocycles. The summed E-state index contributed by atoms with van der Waals surface area (Å²) in [7, 11) is 0. The molecule has 0 amide bonds. The number of nitrogens with zero attached hydrogens (tertiary/aromatic N) is 3. The second kappa shape index (κ2) is 7.58. The van der Waals surface area contributed by atoms with Crippen LogP contribution in [-0.2, 0) is 19.4 Å². The van der Waals surface area contributed by atoms with Crippen LogP contribution in [0.5, 0.6) is 5.75 Å². The summed E-state index contributed by atoms with van der Waals surface area (Å²) in [4.78, 5) is 15.0. The minimum atomic E-state index is 0.0222. The molecule has 0 saturated carbocycles. The number of hydrogen-bond acceptors (Lipinski definition) is 5. The Morgan fingerprint density at radius 3 is 3.00 bits per heavy atom. The first-order valence-corrected chi connectivity index (χ1v) is 10.1. The minimum Gasteiger partial charge on any atom is -0.494 e. The molecule has 1 aliphatic carbocycles. The highest BCUT2D eigenvalue weighted by Gasteiger charge is 2.20. The molecule has 0 N–H and O–H groups in total. The highest BCUT2D eigenvalue weighted by Crippen LogP contribution is 2.33. The maximum Gasteiger partial charge on any atom is 0.278 e. The van der Waals surface area contributed by atoms with Crippen molar-refractivity contribution in [3.63, 3.8) is 0 Å². The number of aromatic nitrogens is 3. The minimum absolute atomic E-state index is 0.0222. The maximum absolute atomic E-state index is 12.8. The largest absolute Gasteiger partial charge is 0.494 e. The molecule has 0 spiro atoms. The molecule has 2 aromatic heterocycles. The van der Waals surface area contributed by atoms with E-state index >= 15 is 0 Å². The fourth-order valence-electron chi connectivity index (χ4n) is 3.51. The summed E-state index contributed by atoms with van der Waals surface area (Å²) in [5, 5.41) is 9.26. The van der Waals surface area contributed by atoms with E-state index in [4.69, 9.17) is 4.74 Å². The van der Waals surface area contributed by atoms with Gasteiger partial charge in [-0.05, 0) is 68.7 Å². The number of unbranched alkanes of at least 4 members (excludes halogenated alkanes) is 1. The Kier molecular flexibility index (Phi) is 5.02. The fourth-order valence-corrected chi connectivity index (χ4v) is 4.71. The third-order valence-electron chi connectivity index (χ3n) is 4.87. The lowest BCUT2D eigenvalue weighted by atomic mass is 9.97. The summed E-state index contributed by atoms with van der Waals surface area (Å²) < 4.78 is 7.29. The molecule has 0 unspecified atom stereocenters. The zero-order chi connectivity index (χ0) is 17.9. The Morgan fingerprint density at radius 2 is 2.12 bits per heavy atom. The molecule has 0 fully saturated rings. The first-order chi connectivity index (χ1) is 12.7. The lowest BCUT2D eigenvalue weighted by Gasteiger charge is -2.10. The van der Waals surface area contributed by atoms with Crippen LogP contribution in [0.4, 0.5) is 0 Å². The average molecular weight is 369 g/mol. The van der Waals surface area contributed by atoms with Crippen molar-refractivity contribution in [1.82, 2.24) is 15.0 Å². The Morgan fingerprint density at radius 1 is 1.23 bits per heavy atom. The van der Waals surface area contributed by atoms with Crippen LogP contribution >= 0.6 is 11.3 Å². The summed E-state index contributed by atoms with van der Waals surface area (Å²) in [6.45, 7) is 3.28. The molecular formula is C20H23N3O2S. The van der Waals surface area contributed by atoms with Gasteiger partial charge in [-0.3, -0.25) is 4.79 Å². The molecule has 4 rings (SSSR count). The number of benzene rings is 1. The maximum atomic E-state index is 12.8. The number of aryl methyl sites for hydroxylation is 4. The summed E-state index contributed by atoms with van der Waals surface area (Å²) in [6.07, 6.45) is 6.17. The third kappa shape index (κ3) is 3.51. The van der Waals surface area contributed by atoms with Gasteiger partial charge in [0.2, 0.25) is 0 Å². The molecule has 136 valence electrons. The SMILES string of the molecule is Cc1cccc(OCCCCn2nnc3sc4c(c3c2=O)CCCC4)c1. The lowest BCUT2D eigenvalue weighted by molar-refractivity contribution is 0.300. The standard InChI is InChI=1S/C20H23N3O2S/c1-14-7-6-8-15(13-14)25-12-5-4-11-23-20(24)18-16-9-2-3-10-17(16)26-19(18)21-22-23/h6-8,13H,2-5,9-12H2,1H3. The summed E-state index contributed by atoms with van der Waals surface area (Å²) in [5.41, 5.74) is 2.44. The highest BCUT2D eigenvalue weighted by atomic mass is 32.1. The van der Waals surface area contributed by atoms with Gasteiger partial charge in [-0.15, -0.1) is 16.4 Å². The average Bonchev–Trinajstić information content (AvgIpc) is 3.02.